The summed E-state index contributed by atoms with van der Waals surface area (Å²) in [5.74, 6) is -0.288. The summed E-state index contributed by atoms with van der Waals surface area (Å²) in [6.07, 6.45) is 3.27. The predicted octanol–water partition coefficient (Wildman–Crippen LogP) is 2.15. The second kappa shape index (κ2) is 2.91. The van der Waals surface area contributed by atoms with Gasteiger partial charge < -0.3 is 10.1 Å². The summed E-state index contributed by atoms with van der Waals surface area (Å²) in [4.78, 5) is 13.6. The molecule has 0 aromatic carbocycles. The van der Waals surface area contributed by atoms with Crippen LogP contribution in [0.2, 0.25) is 0 Å². The molecule has 0 radical (unpaired) electrons. The van der Waals surface area contributed by atoms with Gasteiger partial charge in [0, 0.05) is 5.69 Å². The Morgan fingerprint density at radius 1 is 1.77 bits per heavy atom. The molecule has 3 nitrogen and oxygen atoms in total. The average Bonchev–Trinajstić information content (AvgIpc) is 2.60. The molecule has 13 heavy (non-hydrogen) atoms. The van der Waals surface area contributed by atoms with Gasteiger partial charge in [0.25, 0.3) is 0 Å². The van der Waals surface area contributed by atoms with E-state index in [4.69, 9.17) is 5.11 Å². The van der Waals surface area contributed by atoms with Crippen LogP contribution < -0.4 is 0 Å². The molecule has 0 fully saturated rings. The van der Waals surface area contributed by atoms with Crippen LogP contribution in [0.1, 0.15) is 47.4 Å². The summed E-state index contributed by atoms with van der Waals surface area (Å²) in [6, 6.07) is 1.79. The second-order valence-electron chi connectivity index (χ2n) is 3.57. The molecule has 0 saturated carbocycles. The lowest BCUT2D eigenvalue weighted by Crippen LogP contribution is -1.97. The van der Waals surface area contributed by atoms with Gasteiger partial charge >= 0.3 is 5.97 Å². The van der Waals surface area contributed by atoms with E-state index in [2.05, 4.69) is 11.9 Å². The smallest absolute Gasteiger partial charge is 0.352 e. The Bertz CT molecular complexity index is 341. The molecule has 0 amide bonds. The van der Waals surface area contributed by atoms with E-state index in [1.54, 1.807) is 6.07 Å². The number of carboxylic acid groups (broad SMARTS) is 1. The number of fused-ring (bicyclic) bond motifs is 1. The van der Waals surface area contributed by atoms with E-state index >= 15 is 0 Å². The third-order valence-corrected chi connectivity index (χ3v) is 2.84. The van der Waals surface area contributed by atoms with Gasteiger partial charge in [-0.25, -0.2) is 4.79 Å². The Kier molecular flexibility index (Phi) is 1.87. The van der Waals surface area contributed by atoms with Crippen LogP contribution in [-0.4, -0.2) is 16.1 Å². The van der Waals surface area contributed by atoms with Gasteiger partial charge in [-0.3, -0.25) is 0 Å². The zero-order chi connectivity index (χ0) is 9.42. The van der Waals surface area contributed by atoms with Gasteiger partial charge in [0.1, 0.15) is 5.69 Å². The molecule has 70 valence electrons. The molecule has 2 rings (SSSR count). The molecule has 0 aliphatic heterocycles. The number of nitrogens with one attached hydrogen (secondary N) is 1. The fraction of sp³-hybridized carbons (Fsp3) is 0.500. The quantitative estimate of drug-likeness (QED) is 0.730. The first-order chi connectivity index (χ1) is 6.22. The van der Waals surface area contributed by atoms with Crippen LogP contribution in [-0.2, 0) is 6.42 Å². The molecule has 1 unspecified atom stereocenters. The molecule has 2 N–H and O–H groups in total. The normalized spacial score (nSPS) is 20.2. The molecule has 3 heteroatoms. The Morgan fingerprint density at radius 3 is 3.15 bits per heavy atom. The van der Waals surface area contributed by atoms with E-state index in [0.29, 0.717) is 11.6 Å². The number of aromatic carboxylic acids is 1. The maximum Gasteiger partial charge on any atom is 0.352 e. The van der Waals surface area contributed by atoms with Crippen LogP contribution in [0, 0.1) is 0 Å². The number of aromatic amines is 1. The summed E-state index contributed by atoms with van der Waals surface area (Å²) >= 11 is 0. The van der Waals surface area contributed by atoms with Gasteiger partial charge in [0.05, 0.1) is 0 Å². The fourth-order valence-electron chi connectivity index (χ4n) is 2.10. The number of hydrogen-bond acceptors (Lipinski definition) is 1. The molecule has 1 aliphatic carbocycles. The highest BCUT2D eigenvalue weighted by molar-refractivity contribution is 5.86. The minimum absolute atomic E-state index is 0.336. The fourth-order valence-corrected chi connectivity index (χ4v) is 2.10. The molecule has 1 atom stereocenters. The topological polar surface area (TPSA) is 53.1 Å². The lowest BCUT2D eigenvalue weighted by molar-refractivity contribution is 0.0691. The largest absolute Gasteiger partial charge is 0.477 e. The van der Waals surface area contributed by atoms with Crippen molar-refractivity contribution in [2.24, 2.45) is 0 Å². The zero-order valence-electron chi connectivity index (χ0n) is 7.63. The van der Waals surface area contributed by atoms with Crippen molar-refractivity contribution in [2.45, 2.75) is 32.1 Å². The monoisotopic (exact) mass is 179 g/mol. The van der Waals surface area contributed by atoms with Gasteiger partial charge in [0.15, 0.2) is 0 Å². The first-order valence-electron chi connectivity index (χ1n) is 4.67. The van der Waals surface area contributed by atoms with E-state index in [1.165, 1.54) is 5.56 Å². The lowest BCUT2D eigenvalue weighted by Gasteiger charge is -2.03. The van der Waals surface area contributed by atoms with Crippen molar-refractivity contribution < 1.29 is 9.90 Å². The molecule has 0 bridgehead atoms. The van der Waals surface area contributed by atoms with Gasteiger partial charge in [0.2, 0.25) is 0 Å². The van der Waals surface area contributed by atoms with Crippen molar-refractivity contribution in [1.29, 1.82) is 0 Å². The van der Waals surface area contributed by atoms with Crippen LogP contribution in [0.15, 0.2) is 6.07 Å². The summed E-state index contributed by atoms with van der Waals surface area (Å²) in [7, 11) is 0. The van der Waals surface area contributed by atoms with Gasteiger partial charge in [-0.05, 0) is 36.8 Å². The number of rotatable bonds is 2. The van der Waals surface area contributed by atoms with E-state index in [0.717, 1.165) is 25.0 Å². The number of H-pyrrole nitrogens is 1. The summed E-state index contributed by atoms with van der Waals surface area (Å²) < 4.78 is 0. The van der Waals surface area contributed by atoms with E-state index in [1.807, 2.05) is 0 Å². The van der Waals surface area contributed by atoms with Gasteiger partial charge in [-0.2, -0.15) is 0 Å². The van der Waals surface area contributed by atoms with Crippen molar-refractivity contribution in [3.63, 3.8) is 0 Å². The molecular weight excluding hydrogens is 166 g/mol. The van der Waals surface area contributed by atoms with Crippen molar-refractivity contribution in [3.8, 4) is 0 Å². The minimum atomic E-state index is -0.857. The van der Waals surface area contributed by atoms with Crippen molar-refractivity contribution in [2.75, 3.05) is 0 Å². The average molecular weight is 179 g/mol. The Balaban J connectivity index is 2.36. The van der Waals surface area contributed by atoms with E-state index < -0.39 is 5.97 Å². The summed E-state index contributed by atoms with van der Waals surface area (Å²) in [5.41, 5.74) is 2.69. The van der Waals surface area contributed by atoms with Crippen molar-refractivity contribution in [3.05, 3.63) is 23.0 Å². The van der Waals surface area contributed by atoms with Crippen molar-refractivity contribution >= 4 is 5.97 Å². The van der Waals surface area contributed by atoms with Crippen LogP contribution in [0.25, 0.3) is 0 Å². The summed E-state index contributed by atoms with van der Waals surface area (Å²) in [6.45, 7) is 2.15. The highest BCUT2D eigenvalue weighted by atomic mass is 16.4. The number of aryl methyl sites for hydroxylation is 1. The molecule has 0 saturated heterocycles. The van der Waals surface area contributed by atoms with E-state index in [9.17, 15) is 4.79 Å². The molecular formula is C10H13NO2. The highest BCUT2D eigenvalue weighted by Gasteiger charge is 2.24. The zero-order valence-corrected chi connectivity index (χ0v) is 7.63. The number of carbonyl (C=O) groups is 1. The summed E-state index contributed by atoms with van der Waals surface area (Å²) in [5, 5.41) is 8.77. The number of aromatic nitrogens is 1. The maximum absolute atomic E-state index is 10.7. The number of hydrogen-bond donors (Lipinski definition) is 2. The Hall–Kier alpha value is -1.25. The Labute approximate surface area is 76.8 Å². The SMILES string of the molecule is CCC1CCc2[nH]c(C(=O)O)cc21. The van der Waals surface area contributed by atoms with Crippen LogP contribution in [0.3, 0.4) is 0 Å². The first-order valence-corrected chi connectivity index (χ1v) is 4.67. The minimum Gasteiger partial charge on any atom is -0.477 e. The lowest BCUT2D eigenvalue weighted by atomic mass is 10.0. The standard InChI is InChI=1S/C10H13NO2/c1-2-6-3-4-8-7(6)5-9(11-8)10(12)13/h5-6,11H,2-4H2,1H3,(H,12,13). The second-order valence-corrected chi connectivity index (χ2v) is 3.57. The van der Waals surface area contributed by atoms with Gasteiger partial charge in [-0.15, -0.1) is 0 Å². The van der Waals surface area contributed by atoms with E-state index in [-0.39, 0.29) is 0 Å². The van der Waals surface area contributed by atoms with Crippen LogP contribution >= 0.6 is 0 Å². The Morgan fingerprint density at radius 2 is 2.54 bits per heavy atom. The molecule has 1 aromatic rings. The maximum atomic E-state index is 10.7. The highest BCUT2D eigenvalue weighted by Crippen LogP contribution is 2.35. The third kappa shape index (κ3) is 1.24. The van der Waals surface area contributed by atoms with Crippen molar-refractivity contribution in [1.82, 2.24) is 4.98 Å². The van der Waals surface area contributed by atoms with Crippen LogP contribution in [0.4, 0.5) is 0 Å². The molecule has 1 heterocycles. The van der Waals surface area contributed by atoms with Gasteiger partial charge in [-0.1, -0.05) is 6.92 Å². The van der Waals surface area contributed by atoms with Crippen LogP contribution in [0.5, 0.6) is 0 Å². The predicted molar refractivity (Wildman–Crippen MR) is 49.1 cm³/mol. The first kappa shape index (κ1) is 8.35. The molecule has 1 aliphatic rings. The number of carboxylic acids is 1. The molecule has 1 aromatic heterocycles. The third-order valence-electron chi connectivity index (χ3n) is 2.84. The molecule has 0 spiro atoms.